The van der Waals surface area contributed by atoms with Gasteiger partial charge in [0.25, 0.3) is 0 Å². The second-order valence-electron chi connectivity index (χ2n) is 8.62. The van der Waals surface area contributed by atoms with E-state index in [1.165, 1.54) is 38.2 Å². The molecule has 0 spiro atoms. The quantitative estimate of drug-likeness (QED) is 0.407. The van der Waals surface area contributed by atoms with Gasteiger partial charge < -0.3 is 25.2 Å². The molecule has 32 heavy (non-hydrogen) atoms. The Morgan fingerprint density at radius 3 is 2.66 bits per heavy atom. The van der Waals surface area contributed by atoms with Crippen LogP contribution in [0.3, 0.4) is 0 Å². The molecule has 2 aromatic carbocycles. The van der Waals surface area contributed by atoms with E-state index < -0.39 is 6.10 Å². The summed E-state index contributed by atoms with van der Waals surface area (Å²) in [6.45, 7) is 2.95. The Morgan fingerprint density at radius 1 is 1.06 bits per heavy atom. The highest BCUT2D eigenvalue weighted by molar-refractivity contribution is 5.40. The lowest BCUT2D eigenvalue weighted by molar-refractivity contribution is 0.104. The van der Waals surface area contributed by atoms with E-state index in [0.29, 0.717) is 43.1 Å². The summed E-state index contributed by atoms with van der Waals surface area (Å²) in [6, 6.07) is 12.5. The van der Waals surface area contributed by atoms with Gasteiger partial charge in [-0.25, -0.2) is 4.39 Å². The number of aliphatic hydroxyl groups excluding tert-OH is 1. The number of hydrogen-bond donors (Lipinski definition) is 3. The van der Waals surface area contributed by atoms with E-state index in [1.807, 2.05) is 30.3 Å². The lowest BCUT2D eigenvalue weighted by Crippen LogP contribution is -2.34. The van der Waals surface area contributed by atoms with Gasteiger partial charge in [0, 0.05) is 24.7 Å². The lowest BCUT2D eigenvalue weighted by atomic mass is 9.89. The molecule has 1 saturated carbocycles. The zero-order chi connectivity index (χ0) is 22.6. The molecule has 3 N–H and O–H groups in total. The van der Waals surface area contributed by atoms with Crippen LogP contribution in [0.1, 0.15) is 43.2 Å². The van der Waals surface area contributed by atoms with Gasteiger partial charge in [-0.1, -0.05) is 43.5 Å². The van der Waals surface area contributed by atoms with Crippen LogP contribution in [0.25, 0.3) is 0 Å². The van der Waals surface area contributed by atoms with Crippen molar-refractivity contribution in [3.63, 3.8) is 0 Å². The van der Waals surface area contributed by atoms with E-state index in [4.69, 9.17) is 9.47 Å². The van der Waals surface area contributed by atoms with E-state index >= 15 is 0 Å². The summed E-state index contributed by atoms with van der Waals surface area (Å²) in [5.74, 6) is 1.96. The molecule has 0 heterocycles. The minimum atomic E-state index is -0.577. The van der Waals surface area contributed by atoms with Gasteiger partial charge in [0.2, 0.25) is 0 Å². The Kier molecular flexibility index (Phi) is 10.3. The zero-order valence-electron chi connectivity index (χ0n) is 19.1. The third kappa shape index (κ3) is 8.08. The normalized spacial score (nSPS) is 15.5. The summed E-state index contributed by atoms with van der Waals surface area (Å²) < 4.78 is 25.0. The molecular formula is C26H37FN2O3. The van der Waals surface area contributed by atoms with Crippen LogP contribution in [-0.4, -0.2) is 44.6 Å². The van der Waals surface area contributed by atoms with Gasteiger partial charge in [-0.2, -0.15) is 0 Å². The van der Waals surface area contributed by atoms with Crippen molar-refractivity contribution in [2.45, 2.75) is 51.2 Å². The molecule has 0 unspecified atom stereocenters. The Bertz CT molecular complexity index is 811. The summed E-state index contributed by atoms with van der Waals surface area (Å²) in [5, 5.41) is 17.1. The van der Waals surface area contributed by atoms with Crippen LogP contribution in [0.2, 0.25) is 0 Å². The number of benzene rings is 2. The van der Waals surface area contributed by atoms with E-state index in [1.54, 1.807) is 13.2 Å². The average Bonchev–Trinajstić information content (AvgIpc) is 2.82. The van der Waals surface area contributed by atoms with Crippen LogP contribution in [0.5, 0.6) is 11.5 Å². The van der Waals surface area contributed by atoms with Gasteiger partial charge in [-0.05, 0) is 56.0 Å². The van der Waals surface area contributed by atoms with Gasteiger partial charge in [0.05, 0.1) is 7.11 Å². The van der Waals surface area contributed by atoms with E-state index in [2.05, 4.69) is 10.6 Å². The molecule has 5 nitrogen and oxygen atoms in total. The van der Waals surface area contributed by atoms with Crippen molar-refractivity contribution in [3.05, 3.63) is 59.4 Å². The summed E-state index contributed by atoms with van der Waals surface area (Å²) in [6.07, 6.45) is 6.62. The molecule has 0 saturated heterocycles. The monoisotopic (exact) mass is 444 g/mol. The molecule has 3 rings (SSSR count). The largest absolute Gasteiger partial charge is 0.497 e. The summed E-state index contributed by atoms with van der Waals surface area (Å²) in [7, 11) is 1.62. The molecule has 1 aliphatic carbocycles. The molecular weight excluding hydrogens is 407 g/mol. The van der Waals surface area contributed by atoms with Gasteiger partial charge in [0.15, 0.2) is 0 Å². The average molecular weight is 445 g/mol. The van der Waals surface area contributed by atoms with Gasteiger partial charge in [-0.15, -0.1) is 0 Å². The summed E-state index contributed by atoms with van der Waals surface area (Å²) in [5.41, 5.74) is 1.68. The number of methoxy groups -OCH3 is 1. The highest BCUT2D eigenvalue weighted by Crippen LogP contribution is 2.25. The van der Waals surface area contributed by atoms with Crippen molar-refractivity contribution < 1.29 is 19.0 Å². The second-order valence-corrected chi connectivity index (χ2v) is 8.62. The minimum Gasteiger partial charge on any atom is -0.497 e. The fourth-order valence-electron chi connectivity index (χ4n) is 4.18. The van der Waals surface area contributed by atoms with Crippen molar-refractivity contribution in [2.75, 3.05) is 33.4 Å². The van der Waals surface area contributed by atoms with E-state index in [9.17, 15) is 9.50 Å². The highest BCUT2D eigenvalue weighted by atomic mass is 19.1. The first-order chi connectivity index (χ1) is 15.7. The molecule has 0 aromatic heterocycles. The third-order valence-electron chi connectivity index (χ3n) is 6.09. The van der Waals surface area contributed by atoms with Crippen molar-refractivity contribution in [1.82, 2.24) is 10.6 Å². The number of nitrogens with one attached hydrogen (secondary N) is 2. The fraction of sp³-hybridized carbons (Fsp3) is 0.538. The topological polar surface area (TPSA) is 62.8 Å². The maximum Gasteiger partial charge on any atom is 0.127 e. The van der Waals surface area contributed by atoms with Crippen molar-refractivity contribution in [2.24, 2.45) is 5.92 Å². The van der Waals surface area contributed by atoms with Crippen molar-refractivity contribution in [3.8, 4) is 11.5 Å². The Labute approximate surface area is 191 Å². The predicted octanol–water partition coefficient (Wildman–Crippen LogP) is 4.08. The van der Waals surface area contributed by atoms with E-state index in [-0.39, 0.29) is 12.4 Å². The van der Waals surface area contributed by atoms with Gasteiger partial charge in [-0.3, -0.25) is 0 Å². The van der Waals surface area contributed by atoms with Crippen LogP contribution >= 0.6 is 0 Å². The van der Waals surface area contributed by atoms with Crippen molar-refractivity contribution >= 4 is 0 Å². The van der Waals surface area contributed by atoms with Gasteiger partial charge >= 0.3 is 0 Å². The SMILES string of the molecule is COc1ccc(CNCCc2ccccc2F)c(OC[C@H](O)CNCC2CCCCC2)c1. The molecule has 0 bridgehead atoms. The molecule has 1 fully saturated rings. The number of aliphatic hydroxyl groups is 1. The Morgan fingerprint density at radius 2 is 1.88 bits per heavy atom. The Balaban J connectivity index is 1.44. The van der Waals surface area contributed by atoms with Crippen LogP contribution in [0.15, 0.2) is 42.5 Å². The Hall–Kier alpha value is -2.15. The molecule has 1 atom stereocenters. The molecule has 176 valence electrons. The number of ether oxygens (including phenoxy) is 2. The molecule has 0 amide bonds. The summed E-state index contributed by atoms with van der Waals surface area (Å²) >= 11 is 0. The van der Waals surface area contributed by atoms with E-state index in [0.717, 1.165) is 18.0 Å². The van der Waals surface area contributed by atoms with Crippen LogP contribution in [0, 0.1) is 11.7 Å². The first-order valence-electron chi connectivity index (χ1n) is 11.8. The molecule has 1 aliphatic rings. The number of hydrogen-bond acceptors (Lipinski definition) is 5. The first kappa shape index (κ1) is 24.5. The maximum atomic E-state index is 13.8. The zero-order valence-corrected chi connectivity index (χ0v) is 19.1. The predicted molar refractivity (Wildman–Crippen MR) is 126 cm³/mol. The standard InChI is InChI=1S/C26H37FN2O3/c1-31-24-12-11-22(17-28-14-13-21-9-5-6-10-25(21)27)26(15-24)32-19-23(30)18-29-16-20-7-3-2-4-8-20/h5-6,9-12,15,20,23,28-30H,2-4,7-8,13-14,16-19H2,1H3/t23-/m1/s1. The second kappa shape index (κ2) is 13.4. The van der Waals surface area contributed by atoms with Gasteiger partial charge in [0.1, 0.15) is 30.0 Å². The summed E-state index contributed by atoms with van der Waals surface area (Å²) in [4.78, 5) is 0. The van der Waals surface area contributed by atoms with Crippen molar-refractivity contribution in [1.29, 1.82) is 0 Å². The maximum absolute atomic E-state index is 13.8. The third-order valence-corrected chi connectivity index (χ3v) is 6.09. The molecule has 6 heteroatoms. The molecule has 0 aliphatic heterocycles. The van der Waals surface area contributed by atoms with Crippen LogP contribution < -0.4 is 20.1 Å². The number of halogens is 1. The smallest absolute Gasteiger partial charge is 0.127 e. The first-order valence-corrected chi connectivity index (χ1v) is 11.8. The minimum absolute atomic E-state index is 0.172. The molecule has 0 radical (unpaired) electrons. The molecule has 2 aromatic rings. The fourth-order valence-corrected chi connectivity index (χ4v) is 4.18. The number of rotatable bonds is 13. The van der Waals surface area contributed by atoms with Crippen LogP contribution in [0.4, 0.5) is 4.39 Å². The van der Waals surface area contributed by atoms with Crippen LogP contribution in [-0.2, 0) is 13.0 Å². The highest BCUT2D eigenvalue weighted by Gasteiger charge is 2.14. The lowest BCUT2D eigenvalue weighted by Gasteiger charge is -2.22.